The summed E-state index contributed by atoms with van der Waals surface area (Å²) in [7, 11) is 3.24. The summed E-state index contributed by atoms with van der Waals surface area (Å²) in [5, 5.41) is 10.5. The molecule has 0 atom stereocenters. The van der Waals surface area contributed by atoms with Crippen molar-refractivity contribution in [2.24, 2.45) is 7.05 Å². The van der Waals surface area contributed by atoms with Crippen molar-refractivity contribution < 1.29 is 14.6 Å². The first-order valence-corrected chi connectivity index (χ1v) is 5.41. The van der Waals surface area contributed by atoms with E-state index in [-0.39, 0.29) is 5.69 Å². The van der Waals surface area contributed by atoms with Gasteiger partial charge in [0.15, 0.2) is 0 Å². The van der Waals surface area contributed by atoms with E-state index in [1.807, 2.05) is 0 Å². The third-order valence-corrected chi connectivity index (χ3v) is 3.22. The highest BCUT2D eigenvalue weighted by atomic mass is 35.5. The molecule has 0 unspecified atom stereocenters. The number of methoxy groups -OCH3 is 1. The Labute approximate surface area is 103 Å². The number of fused-ring (bicyclic) bond motifs is 1. The first kappa shape index (κ1) is 11.8. The highest BCUT2D eigenvalue weighted by molar-refractivity contribution is 6.33. The number of halogens is 1. The number of aromatic carboxylic acids is 1. The number of ether oxygens (including phenoxy) is 1. The van der Waals surface area contributed by atoms with Crippen LogP contribution in [0.25, 0.3) is 10.9 Å². The Kier molecular flexibility index (Phi) is 2.75. The second kappa shape index (κ2) is 3.96. The fourth-order valence-corrected chi connectivity index (χ4v) is 2.32. The lowest BCUT2D eigenvalue weighted by Crippen LogP contribution is -2.05. The minimum Gasteiger partial charge on any atom is -0.495 e. The summed E-state index contributed by atoms with van der Waals surface area (Å²) in [5.41, 5.74) is 1.76. The molecule has 0 saturated heterocycles. The van der Waals surface area contributed by atoms with Crippen LogP contribution < -0.4 is 4.74 Å². The molecule has 0 spiro atoms. The second-order valence-electron chi connectivity index (χ2n) is 3.84. The largest absolute Gasteiger partial charge is 0.495 e. The van der Waals surface area contributed by atoms with E-state index >= 15 is 0 Å². The predicted molar refractivity (Wildman–Crippen MR) is 66.2 cm³/mol. The summed E-state index contributed by atoms with van der Waals surface area (Å²) in [6.45, 7) is 1.78. The molecule has 0 saturated carbocycles. The summed E-state index contributed by atoms with van der Waals surface area (Å²) < 4.78 is 6.75. The van der Waals surface area contributed by atoms with E-state index in [1.54, 1.807) is 30.7 Å². The SMILES string of the molecule is COc1cc2c(C)c(C(=O)O)n(C)c2cc1Cl. The van der Waals surface area contributed by atoms with Crippen molar-refractivity contribution in [2.45, 2.75) is 6.92 Å². The van der Waals surface area contributed by atoms with Crippen LogP contribution in [0.5, 0.6) is 5.75 Å². The van der Waals surface area contributed by atoms with E-state index in [4.69, 9.17) is 21.4 Å². The quantitative estimate of drug-likeness (QED) is 0.895. The summed E-state index contributed by atoms with van der Waals surface area (Å²) in [6.07, 6.45) is 0. The third kappa shape index (κ3) is 1.65. The Morgan fingerprint density at radius 3 is 2.65 bits per heavy atom. The molecule has 1 N–H and O–H groups in total. The van der Waals surface area contributed by atoms with Crippen LogP contribution in [-0.2, 0) is 7.05 Å². The molecule has 0 aliphatic rings. The number of carbonyl (C=O) groups is 1. The second-order valence-corrected chi connectivity index (χ2v) is 4.25. The molecule has 0 amide bonds. The molecule has 2 aromatic rings. The molecule has 0 aliphatic carbocycles. The summed E-state index contributed by atoms with van der Waals surface area (Å²) in [6, 6.07) is 3.48. The smallest absolute Gasteiger partial charge is 0.352 e. The van der Waals surface area contributed by atoms with Gasteiger partial charge in [0, 0.05) is 12.4 Å². The zero-order valence-corrected chi connectivity index (χ0v) is 10.5. The third-order valence-electron chi connectivity index (χ3n) is 2.93. The van der Waals surface area contributed by atoms with E-state index in [9.17, 15) is 4.79 Å². The van der Waals surface area contributed by atoms with Crippen LogP contribution in [-0.4, -0.2) is 22.8 Å². The molecule has 5 heteroatoms. The Morgan fingerprint density at radius 1 is 1.47 bits per heavy atom. The number of carboxylic acids is 1. The zero-order valence-electron chi connectivity index (χ0n) is 9.74. The van der Waals surface area contributed by atoms with Gasteiger partial charge in [-0.3, -0.25) is 0 Å². The van der Waals surface area contributed by atoms with E-state index in [0.29, 0.717) is 16.3 Å². The van der Waals surface area contributed by atoms with Crippen molar-refractivity contribution in [1.82, 2.24) is 4.57 Å². The zero-order chi connectivity index (χ0) is 12.7. The van der Waals surface area contributed by atoms with E-state index < -0.39 is 5.97 Å². The van der Waals surface area contributed by atoms with E-state index in [0.717, 1.165) is 10.9 Å². The van der Waals surface area contributed by atoms with Crippen LogP contribution in [0.1, 0.15) is 16.1 Å². The highest BCUT2D eigenvalue weighted by Gasteiger charge is 2.18. The van der Waals surface area contributed by atoms with Crippen LogP contribution in [0.4, 0.5) is 0 Å². The first-order chi connectivity index (χ1) is 7.97. The van der Waals surface area contributed by atoms with Gasteiger partial charge in [-0.15, -0.1) is 0 Å². The number of aryl methyl sites for hydroxylation is 2. The molecule has 1 aromatic carbocycles. The molecule has 17 heavy (non-hydrogen) atoms. The number of hydrogen-bond donors (Lipinski definition) is 1. The van der Waals surface area contributed by atoms with Gasteiger partial charge >= 0.3 is 5.97 Å². The Morgan fingerprint density at radius 2 is 2.12 bits per heavy atom. The molecule has 0 fully saturated rings. The van der Waals surface area contributed by atoms with Crippen molar-refractivity contribution in [2.75, 3.05) is 7.11 Å². The number of carboxylic acid groups (broad SMARTS) is 1. The molecular weight excluding hydrogens is 242 g/mol. The number of rotatable bonds is 2. The van der Waals surface area contributed by atoms with Gasteiger partial charge in [0.05, 0.1) is 17.6 Å². The Bertz CT molecular complexity index is 616. The minimum atomic E-state index is -0.948. The molecule has 2 rings (SSSR count). The summed E-state index contributed by atoms with van der Waals surface area (Å²) >= 11 is 6.03. The highest BCUT2D eigenvalue weighted by Crippen LogP contribution is 2.33. The summed E-state index contributed by atoms with van der Waals surface area (Å²) in [4.78, 5) is 11.2. The van der Waals surface area contributed by atoms with Gasteiger partial charge in [-0.05, 0) is 24.6 Å². The molecule has 4 nitrogen and oxygen atoms in total. The normalized spacial score (nSPS) is 10.8. The lowest BCUT2D eigenvalue weighted by molar-refractivity contribution is 0.0686. The monoisotopic (exact) mass is 253 g/mol. The van der Waals surface area contributed by atoms with Crippen molar-refractivity contribution in [1.29, 1.82) is 0 Å². The lowest BCUT2D eigenvalue weighted by atomic mass is 10.1. The molecule has 90 valence electrons. The van der Waals surface area contributed by atoms with Crippen LogP contribution in [0.15, 0.2) is 12.1 Å². The number of nitrogens with zero attached hydrogens (tertiary/aromatic N) is 1. The van der Waals surface area contributed by atoms with Gasteiger partial charge in [-0.25, -0.2) is 4.79 Å². The lowest BCUT2D eigenvalue weighted by Gasteiger charge is -2.04. The molecule has 0 bridgehead atoms. The van der Waals surface area contributed by atoms with E-state index in [2.05, 4.69) is 0 Å². The van der Waals surface area contributed by atoms with E-state index in [1.165, 1.54) is 7.11 Å². The Hall–Kier alpha value is -1.68. The molecule has 0 aliphatic heterocycles. The molecule has 0 radical (unpaired) electrons. The first-order valence-electron chi connectivity index (χ1n) is 5.03. The molecule has 1 heterocycles. The maximum Gasteiger partial charge on any atom is 0.352 e. The average molecular weight is 254 g/mol. The maximum atomic E-state index is 11.2. The van der Waals surface area contributed by atoms with Crippen molar-refractivity contribution in [3.05, 3.63) is 28.4 Å². The van der Waals surface area contributed by atoms with Gasteiger partial charge in [0.2, 0.25) is 0 Å². The fraction of sp³-hybridized carbons (Fsp3) is 0.250. The molecular formula is C12H12ClNO3. The number of hydrogen-bond acceptors (Lipinski definition) is 2. The fourth-order valence-electron chi connectivity index (χ4n) is 2.08. The van der Waals surface area contributed by atoms with Crippen LogP contribution in [0.3, 0.4) is 0 Å². The van der Waals surface area contributed by atoms with Gasteiger partial charge in [0.25, 0.3) is 0 Å². The standard InChI is InChI=1S/C12H12ClNO3/c1-6-7-4-10(17-3)8(13)5-9(7)14(2)11(6)12(15)16/h4-5H,1-3H3,(H,15,16). The topological polar surface area (TPSA) is 51.5 Å². The maximum absolute atomic E-state index is 11.2. The average Bonchev–Trinajstić information content (AvgIpc) is 2.50. The minimum absolute atomic E-state index is 0.268. The summed E-state index contributed by atoms with van der Waals surface area (Å²) in [5.74, 6) is -0.402. The van der Waals surface area contributed by atoms with Crippen molar-refractivity contribution >= 4 is 28.5 Å². The Balaban J connectivity index is 2.88. The predicted octanol–water partition coefficient (Wildman–Crippen LogP) is 2.85. The number of benzene rings is 1. The van der Waals surface area contributed by atoms with Gasteiger partial charge < -0.3 is 14.4 Å². The van der Waals surface area contributed by atoms with Gasteiger partial charge in [-0.2, -0.15) is 0 Å². The van der Waals surface area contributed by atoms with Crippen molar-refractivity contribution in [3.8, 4) is 5.75 Å². The van der Waals surface area contributed by atoms with Crippen LogP contribution >= 0.6 is 11.6 Å². The van der Waals surface area contributed by atoms with Crippen LogP contribution in [0, 0.1) is 6.92 Å². The number of aromatic nitrogens is 1. The van der Waals surface area contributed by atoms with Crippen molar-refractivity contribution in [3.63, 3.8) is 0 Å². The van der Waals surface area contributed by atoms with Gasteiger partial charge in [-0.1, -0.05) is 11.6 Å². The van der Waals surface area contributed by atoms with Crippen LogP contribution in [0.2, 0.25) is 5.02 Å². The molecule has 1 aromatic heterocycles. The van der Waals surface area contributed by atoms with Gasteiger partial charge in [0.1, 0.15) is 11.4 Å².